The minimum atomic E-state index is -0.282. The van der Waals surface area contributed by atoms with Crippen molar-refractivity contribution in [3.8, 4) is 11.5 Å². The van der Waals surface area contributed by atoms with Gasteiger partial charge in [0.1, 0.15) is 0 Å². The summed E-state index contributed by atoms with van der Waals surface area (Å²) in [6.45, 7) is -0.0688. The number of piperidine rings is 1. The molecule has 0 aromatic heterocycles. The topological polar surface area (TPSA) is 70.0 Å². The molecule has 20 heavy (non-hydrogen) atoms. The van der Waals surface area contributed by atoms with E-state index in [9.17, 15) is 15.0 Å². The second-order valence-electron chi connectivity index (χ2n) is 5.57. The van der Waals surface area contributed by atoms with Crippen LogP contribution in [0.3, 0.4) is 0 Å². The summed E-state index contributed by atoms with van der Waals surface area (Å²) in [5.74, 6) is 0.301. The van der Waals surface area contributed by atoms with Crippen LogP contribution >= 0.6 is 0 Å². The molecule has 3 rings (SSSR count). The number of rotatable bonds is 3. The highest BCUT2D eigenvalue weighted by Crippen LogP contribution is 2.36. The molecule has 2 aliphatic rings. The Morgan fingerprint density at radius 2 is 1.90 bits per heavy atom. The first-order chi connectivity index (χ1) is 9.65. The van der Waals surface area contributed by atoms with Gasteiger partial charge < -0.3 is 19.8 Å². The van der Waals surface area contributed by atoms with Gasteiger partial charge in [0, 0.05) is 12.1 Å². The first kappa shape index (κ1) is 13.2. The smallest absolute Gasteiger partial charge is 0.261 e. The molecule has 2 heterocycles. The van der Waals surface area contributed by atoms with Crippen molar-refractivity contribution in [1.29, 1.82) is 0 Å². The number of phenolic OH excluding ortho intramolecular Hbond substituents is 1. The summed E-state index contributed by atoms with van der Waals surface area (Å²) in [4.78, 5) is 14.2. The Hall–Kier alpha value is -1.75. The van der Waals surface area contributed by atoms with E-state index in [4.69, 9.17) is 4.74 Å². The lowest BCUT2D eigenvalue weighted by Gasteiger charge is -2.37. The van der Waals surface area contributed by atoms with Gasteiger partial charge in [0.05, 0.1) is 6.10 Å². The molecule has 5 nitrogen and oxygen atoms in total. The minimum absolute atomic E-state index is 0.0392. The molecule has 2 bridgehead atoms. The van der Waals surface area contributed by atoms with Crippen LogP contribution in [0.15, 0.2) is 24.3 Å². The highest BCUT2D eigenvalue weighted by atomic mass is 16.5. The van der Waals surface area contributed by atoms with E-state index in [2.05, 4.69) is 0 Å². The standard InChI is InChI=1S/C15H19NO4/c17-12-7-10-5-6-11(8-12)16(10)15(19)9-20-14-4-2-1-3-13(14)18/h1-4,10-12,17-18H,5-9H2. The molecule has 5 heteroatoms. The second kappa shape index (κ2) is 5.32. The lowest BCUT2D eigenvalue weighted by atomic mass is 10.00. The fraction of sp³-hybridized carbons (Fsp3) is 0.533. The molecule has 2 aliphatic heterocycles. The molecule has 0 aliphatic carbocycles. The first-order valence-corrected chi connectivity index (χ1v) is 7.05. The normalized spacial score (nSPS) is 28.4. The molecular formula is C15H19NO4. The van der Waals surface area contributed by atoms with Crippen molar-refractivity contribution in [1.82, 2.24) is 4.90 Å². The average Bonchev–Trinajstić information content (AvgIpc) is 2.70. The summed E-state index contributed by atoms with van der Waals surface area (Å²) in [7, 11) is 0. The number of carbonyl (C=O) groups excluding carboxylic acids is 1. The molecule has 1 aromatic carbocycles. The van der Waals surface area contributed by atoms with Gasteiger partial charge in [-0.25, -0.2) is 0 Å². The summed E-state index contributed by atoms with van der Waals surface area (Å²) in [5.41, 5.74) is 0. The van der Waals surface area contributed by atoms with Gasteiger partial charge in [-0.3, -0.25) is 4.79 Å². The number of ether oxygens (including phenoxy) is 1. The SMILES string of the molecule is O=C(COc1ccccc1O)N1C2CCC1CC(O)C2. The maximum atomic E-state index is 12.3. The van der Waals surface area contributed by atoms with Crippen LogP contribution < -0.4 is 4.74 Å². The molecular weight excluding hydrogens is 258 g/mol. The van der Waals surface area contributed by atoms with E-state index in [0.717, 1.165) is 12.8 Å². The minimum Gasteiger partial charge on any atom is -0.504 e. The number of carbonyl (C=O) groups is 1. The molecule has 108 valence electrons. The lowest BCUT2D eigenvalue weighted by Crippen LogP contribution is -2.49. The van der Waals surface area contributed by atoms with Gasteiger partial charge in [-0.2, -0.15) is 0 Å². The van der Waals surface area contributed by atoms with Crippen molar-refractivity contribution in [3.63, 3.8) is 0 Å². The van der Waals surface area contributed by atoms with Crippen molar-refractivity contribution in [2.24, 2.45) is 0 Å². The van der Waals surface area contributed by atoms with E-state index in [1.54, 1.807) is 18.2 Å². The van der Waals surface area contributed by atoms with Gasteiger partial charge >= 0.3 is 0 Å². The number of phenols is 1. The number of amides is 1. The Labute approximate surface area is 117 Å². The number of aliphatic hydroxyl groups excluding tert-OH is 1. The molecule has 2 saturated heterocycles. The van der Waals surface area contributed by atoms with Crippen LogP contribution in [0, 0.1) is 0 Å². The maximum absolute atomic E-state index is 12.3. The molecule has 1 amide bonds. The Balaban J connectivity index is 1.62. The Morgan fingerprint density at radius 3 is 2.55 bits per heavy atom. The van der Waals surface area contributed by atoms with Crippen molar-refractivity contribution >= 4 is 5.91 Å². The van der Waals surface area contributed by atoms with Crippen LogP contribution in [0.1, 0.15) is 25.7 Å². The zero-order valence-electron chi connectivity index (χ0n) is 11.2. The molecule has 2 fully saturated rings. The van der Waals surface area contributed by atoms with Gasteiger partial charge in [0.15, 0.2) is 18.1 Å². The van der Waals surface area contributed by atoms with Gasteiger partial charge in [0.25, 0.3) is 5.91 Å². The quantitative estimate of drug-likeness (QED) is 0.873. The highest BCUT2D eigenvalue weighted by Gasteiger charge is 2.42. The van der Waals surface area contributed by atoms with E-state index in [1.165, 1.54) is 6.07 Å². The maximum Gasteiger partial charge on any atom is 0.261 e. The van der Waals surface area contributed by atoms with Crippen molar-refractivity contribution in [2.75, 3.05) is 6.61 Å². The van der Waals surface area contributed by atoms with Crippen LogP contribution in [0.2, 0.25) is 0 Å². The molecule has 2 N–H and O–H groups in total. The first-order valence-electron chi connectivity index (χ1n) is 7.05. The lowest BCUT2D eigenvalue weighted by molar-refractivity contribution is -0.139. The number of aromatic hydroxyl groups is 1. The number of fused-ring (bicyclic) bond motifs is 2. The molecule has 1 aromatic rings. The van der Waals surface area contributed by atoms with E-state index in [-0.39, 0.29) is 36.5 Å². The Morgan fingerprint density at radius 1 is 1.25 bits per heavy atom. The summed E-state index contributed by atoms with van der Waals surface area (Å²) < 4.78 is 5.40. The van der Waals surface area contributed by atoms with E-state index in [0.29, 0.717) is 18.6 Å². The fourth-order valence-corrected chi connectivity index (χ4v) is 3.35. The van der Waals surface area contributed by atoms with Crippen molar-refractivity contribution in [2.45, 2.75) is 43.9 Å². The van der Waals surface area contributed by atoms with Crippen LogP contribution in [-0.4, -0.2) is 45.8 Å². The number of nitrogens with zero attached hydrogens (tertiary/aromatic N) is 1. The summed E-state index contributed by atoms with van der Waals surface area (Å²) in [6, 6.07) is 6.91. The predicted molar refractivity (Wildman–Crippen MR) is 72.5 cm³/mol. The Bertz CT molecular complexity index is 490. The van der Waals surface area contributed by atoms with Gasteiger partial charge in [0.2, 0.25) is 0 Å². The monoisotopic (exact) mass is 277 g/mol. The van der Waals surface area contributed by atoms with E-state index >= 15 is 0 Å². The van der Waals surface area contributed by atoms with Gasteiger partial charge in [-0.15, -0.1) is 0 Å². The molecule has 2 unspecified atom stereocenters. The van der Waals surface area contributed by atoms with Crippen molar-refractivity contribution < 1.29 is 19.7 Å². The third-order valence-electron chi connectivity index (χ3n) is 4.21. The van der Waals surface area contributed by atoms with Crippen LogP contribution in [0.5, 0.6) is 11.5 Å². The molecule has 0 spiro atoms. The van der Waals surface area contributed by atoms with Crippen LogP contribution in [-0.2, 0) is 4.79 Å². The predicted octanol–water partition coefficient (Wildman–Crippen LogP) is 1.29. The van der Waals surface area contributed by atoms with Crippen molar-refractivity contribution in [3.05, 3.63) is 24.3 Å². The van der Waals surface area contributed by atoms with E-state index in [1.807, 2.05) is 4.90 Å². The summed E-state index contributed by atoms with van der Waals surface area (Å²) in [6.07, 6.45) is 2.97. The number of hydrogen-bond donors (Lipinski definition) is 2. The molecule has 0 saturated carbocycles. The molecule has 0 radical (unpaired) electrons. The number of hydrogen-bond acceptors (Lipinski definition) is 4. The number of benzene rings is 1. The summed E-state index contributed by atoms with van der Waals surface area (Å²) in [5, 5.41) is 19.3. The second-order valence-corrected chi connectivity index (χ2v) is 5.57. The zero-order chi connectivity index (χ0) is 14.1. The van der Waals surface area contributed by atoms with Crippen LogP contribution in [0.4, 0.5) is 0 Å². The van der Waals surface area contributed by atoms with Crippen LogP contribution in [0.25, 0.3) is 0 Å². The number of para-hydroxylation sites is 2. The summed E-state index contributed by atoms with van der Waals surface area (Å²) >= 11 is 0. The van der Waals surface area contributed by atoms with Gasteiger partial charge in [-0.05, 0) is 37.8 Å². The average molecular weight is 277 g/mol. The highest BCUT2D eigenvalue weighted by molar-refractivity contribution is 5.79. The Kier molecular flexibility index (Phi) is 3.53. The largest absolute Gasteiger partial charge is 0.504 e. The van der Waals surface area contributed by atoms with E-state index < -0.39 is 0 Å². The fourth-order valence-electron chi connectivity index (χ4n) is 3.35. The zero-order valence-corrected chi connectivity index (χ0v) is 11.2. The molecule has 2 atom stereocenters. The number of aliphatic hydroxyl groups is 1. The van der Waals surface area contributed by atoms with Gasteiger partial charge in [-0.1, -0.05) is 12.1 Å². The third-order valence-corrected chi connectivity index (χ3v) is 4.21. The third kappa shape index (κ3) is 2.45.